The van der Waals surface area contributed by atoms with E-state index in [0.717, 1.165) is 68.8 Å². The number of hydrogen-bond donors (Lipinski definition) is 0. The van der Waals surface area contributed by atoms with Gasteiger partial charge in [-0.3, -0.25) is 0 Å². The van der Waals surface area contributed by atoms with E-state index in [4.69, 9.17) is 14.5 Å². The quantitative estimate of drug-likeness (QED) is 0.637. The maximum Gasteiger partial charge on any atom is 0.159 e. The Kier molecular flexibility index (Phi) is 5.39. The highest BCUT2D eigenvalue weighted by molar-refractivity contribution is 5.94. The molecule has 0 saturated carbocycles. The normalized spacial score (nSPS) is 17.0. The Morgan fingerprint density at radius 1 is 1.16 bits per heavy atom. The number of fused-ring (bicyclic) bond motifs is 2. The lowest BCUT2D eigenvalue weighted by molar-refractivity contribution is -0.182. The molecule has 0 aliphatic carbocycles. The van der Waals surface area contributed by atoms with Gasteiger partial charge in [-0.05, 0) is 49.4 Å². The summed E-state index contributed by atoms with van der Waals surface area (Å²) >= 11 is 0. The Morgan fingerprint density at radius 3 is 2.71 bits per heavy atom. The zero-order valence-corrected chi connectivity index (χ0v) is 18.2. The van der Waals surface area contributed by atoms with Crippen LogP contribution in [0, 0.1) is 25.2 Å². The van der Waals surface area contributed by atoms with E-state index in [0.29, 0.717) is 5.69 Å². The molecule has 0 atom stereocenters. The van der Waals surface area contributed by atoms with Gasteiger partial charge in [0.2, 0.25) is 0 Å². The van der Waals surface area contributed by atoms with Gasteiger partial charge in [0.05, 0.1) is 18.7 Å². The lowest BCUT2D eigenvalue weighted by Crippen LogP contribution is -2.31. The van der Waals surface area contributed by atoms with Gasteiger partial charge in [-0.1, -0.05) is 24.3 Å². The fourth-order valence-electron chi connectivity index (χ4n) is 4.81. The summed E-state index contributed by atoms with van der Waals surface area (Å²) in [6.45, 7) is 8.32. The summed E-state index contributed by atoms with van der Waals surface area (Å²) in [4.78, 5) is 7.14. The number of rotatable bonds is 4. The van der Waals surface area contributed by atoms with Crippen molar-refractivity contribution >= 4 is 16.7 Å². The van der Waals surface area contributed by atoms with Crippen molar-refractivity contribution in [3.8, 4) is 6.07 Å². The molecule has 2 aromatic heterocycles. The molecule has 6 heteroatoms. The maximum absolute atomic E-state index is 9.65. The van der Waals surface area contributed by atoms with Crippen LogP contribution >= 0.6 is 0 Å². The molecule has 0 spiro atoms. The molecule has 1 saturated heterocycles. The number of ether oxygens (including phenoxy) is 2. The van der Waals surface area contributed by atoms with Gasteiger partial charge < -0.3 is 18.9 Å². The number of nitrogens with zero attached hydrogens (tertiary/aromatic N) is 4. The summed E-state index contributed by atoms with van der Waals surface area (Å²) in [6, 6.07) is 12.8. The van der Waals surface area contributed by atoms with E-state index in [9.17, 15) is 5.26 Å². The first-order chi connectivity index (χ1) is 15.2. The zero-order chi connectivity index (χ0) is 21.4. The third-order valence-electron chi connectivity index (χ3n) is 6.63. The van der Waals surface area contributed by atoms with Crippen molar-refractivity contribution < 1.29 is 9.47 Å². The zero-order valence-electron chi connectivity index (χ0n) is 18.2. The average molecular weight is 417 g/mol. The van der Waals surface area contributed by atoms with Crippen LogP contribution in [0.2, 0.25) is 0 Å². The summed E-state index contributed by atoms with van der Waals surface area (Å²) in [5.74, 6) is 0.908. The molecule has 1 fully saturated rings. The summed E-state index contributed by atoms with van der Waals surface area (Å²) in [7, 11) is 0. The molecule has 3 aromatic rings. The van der Waals surface area contributed by atoms with Crippen molar-refractivity contribution in [2.75, 3.05) is 24.7 Å². The number of aryl methyl sites for hydroxylation is 2. The molecule has 0 N–H and O–H groups in total. The lowest BCUT2D eigenvalue weighted by atomic mass is 10.00. The van der Waals surface area contributed by atoms with Crippen LogP contribution < -0.4 is 4.90 Å². The topological polar surface area (TPSA) is 63.3 Å². The number of aromatic nitrogens is 2. The van der Waals surface area contributed by atoms with Crippen molar-refractivity contribution in [2.24, 2.45) is 0 Å². The first kappa shape index (κ1) is 20.0. The van der Waals surface area contributed by atoms with Crippen LogP contribution in [0.15, 0.2) is 30.3 Å². The maximum atomic E-state index is 9.65. The minimum atomic E-state index is -0.150. The molecular formula is C25H28N4O2. The Balaban J connectivity index is 1.56. The SMILES string of the molecule is Cc1c(C)n(CCC2OCCCO2)c2c(N3CCc4ccccc4C3)nc(C#N)cc12. The smallest absolute Gasteiger partial charge is 0.159 e. The van der Waals surface area contributed by atoms with Crippen molar-refractivity contribution in [1.82, 2.24) is 9.55 Å². The highest BCUT2D eigenvalue weighted by atomic mass is 16.7. The summed E-state index contributed by atoms with van der Waals surface area (Å²) in [6.07, 6.45) is 2.59. The summed E-state index contributed by atoms with van der Waals surface area (Å²) in [5.41, 5.74) is 6.74. The van der Waals surface area contributed by atoms with Gasteiger partial charge in [0.1, 0.15) is 11.8 Å². The van der Waals surface area contributed by atoms with Crippen molar-refractivity contribution in [1.29, 1.82) is 5.26 Å². The number of hydrogen-bond acceptors (Lipinski definition) is 5. The highest BCUT2D eigenvalue weighted by Gasteiger charge is 2.25. The molecule has 4 heterocycles. The van der Waals surface area contributed by atoms with Crippen LogP contribution in [0.3, 0.4) is 0 Å². The van der Waals surface area contributed by atoms with Gasteiger partial charge in [0, 0.05) is 37.1 Å². The van der Waals surface area contributed by atoms with Gasteiger partial charge in [-0.25, -0.2) is 4.98 Å². The first-order valence-electron chi connectivity index (χ1n) is 11.1. The largest absolute Gasteiger partial charge is 0.353 e. The molecule has 2 aliphatic heterocycles. The second-order valence-corrected chi connectivity index (χ2v) is 8.45. The predicted octanol–water partition coefficient (Wildman–Crippen LogP) is 4.24. The van der Waals surface area contributed by atoms with Crippen LogP contribution in [0.5, 0.6) is 0 Å². The monoisotopic (exact) mass is 416 g/mol. The Hall–Kier alpha value is -2.88. The Bertz CT molecular complexity index is 1150. The van der Waals surface area contributed by atoms with Crippen LogP contribution in [-0.2, 0) is 29.0 Å². The van der Waals surface area contributed by atoms with Gasteiger partial charge in [0.15, 0.2) is 12.1 Å². The number of nitriles is 1. The molecule has 1 aromatic carbocycles. The van der Waals surface area contributed by atoms with Crippen LogP contribution in [-0.4, -0.2) is 35.6 Å². The van der Waals surface area contributed by atoms with Crippen LogP contribution in [0.1, 0.15) is 40.9 Å². The molecule has 31 heavy (non-hydrogen) atoms. The van der Waals surface area contributed by atoms with Crippen LogP contribution in [0.4, 0.5) is 5.82 Å². The molecule has 2 aliphatic rings. The van der Waals surface area contributed by atoms with Gasteiger partial charge in [-0.2, -0.15) is 5.26 Å². The third-order valence-corrected chi connectivity index (χ3v) is 6.63. The minimum absolute atomic E-state index is 0.150. The van der Waals surface area contributed by atoms with Gasteiger partial charge >= 0.3 is 0 Å². The number of benzene rings is 1. The standard InChI is InChI=1S/C25H28N4O2/c1-17-18(2)29(11-9-23-30-12-5-13-31-23)24-22(17)14-21(15-26)27-25(24)28-10-8-19-6-3-4-7-20(19)16-28/h3-4,6-7,14,23H,5,8-13,16H2,1-2H3. The highest BCUT2D eigenvalue weighted by Crippen LogP contribution is 2.35. The van der Waals surface area contributed by atoms with Gasteiger partial charge in [0.25, 0.3) is 0 Å². The average Bonchev–Trinajstić information content (AvgIpc) is 3.07. The Labute approximate surface area is 183 Å². The summed E-state index contributed by atoms with van der Waals surface area (Å²) < 4.78 is 13.9. The number of anilines is 1. The molecule has 0 bridgehead atoms. The molecular weight excluding hydrogens is 388 g/mol. The molecule has 160 valence electrons. The molecule has 5 rings (SSSR count). The molecule has 0 amide bonds. The van der Waals surface area contributed by atoms with E-state index in [1.165, 1.54) is 22.4 Å². The molecule has 0 radical (unpaired) electrons. The van der Waals surface area contributed by atoms with E-state index in [1.807, 2.05) is 6.07 Å². The van der Waals surface area contributed by atoms with E-state index >= 15 is 0 Å². The second-order valence-electron chi connectivity index (χ2n) is 8.45. The van der Waals surface area contributed by atoms with Gasteiger partial charge in [-0.15, -0.1) is 0 Å². The van der Waals surface area contributed by atoms with E-state index < -0.39 is 0 Å². The first-order valence-corrected chi connectivity index (χ1v) is 11.1. The molecule has 0 unspecified atom stereocenters. The van der Waals surface area contributed by atoms with Crippen molar-refractivity contribution in [2.45, 2.75) is 52.5 Å². The number of pyridine rings is 1. The Morgan fingerprint density at radius 2 is 1.94 bits per heavy atom. The lowest BCUT2D eigenvalue weighted by Gasteiger charge is -2.31. The predicted molar refractivity (Wildman–Crippen MR) is 120 cm³/mol. The summed E-state index contributed by atoms with van der Waals surface area (Å²) in [5, 5.41) is 10.8. The van der Waals surface area contributed by atoms with E-state index in [2.05, 4.69) is 53.6 Å². The third kappa shape index (κ3) is 3.69. The van der Waals surface area contributed by atoms with Crippen molar-refractivity contribution in [3.63, 3.8) is 0 Å². The fourth-order valence-corrected chi connectivity index (χ4v) is 4.81. The van der Waals surface area contributed by atoms with E-state index in [1.54, 1.807) is 0 Å². The fraction of sp³-hybridized carbons (Fsp3) is 0.440. The van der Waals surface area contributed by atoms with Crippen molar-refractivity contribution in [3.05, 3.63) is 58.4 Å². The second kappa shape index (κ2) is 8.33. The van der Waals surface area contributed by atoms with Crippen LogP contribution in [0.25, 0.3) is 10.9 Å². The van der Waals surface area contributed by atoms with E-state index in [-0.39, 0.29) is 6.29 Å². The molecule has 6 nitrogen and oxygen atoms in total. The minimum Gasteiger partial charge on any atom is -0.353 e.